The van der Waals surface area contributed by atoms with Crippen molar-refractivity contribution in [1.82, 2.24) is 56.8 Å². The van der Waals surface area contributed by atoms with Crippen molar-refractivity contribution >= 4 is 82.4 Å². The van der Waals surface area contributed by atoms with Gasteiger partial charge in [-0.05, 0) is 202 Å². The van der Waals surface area contributed by atoms with Crippen LogP contribution in [0.1, 0.15) is 0 Å². The topological polar surface area (TPSA) is 105 Å². The number of benzene rings is 14. The van der Waals surface area contributed by atoms with E-state index in [0.717, 1.165) is 95.9 Å². The largest absolute Gasteiger partial charge is 0.309 e. The molecule has 11 aromatic heterocycles. The molecule has 12 heteroatoms. The Kier molecular flexibility index (Phi) is 18.6. The van der Waals surface area contributed by atoms with E-state index in [1.54, 1.807) is 6.20 Å². The maximum atomic E-state index is 4.97. The smallest absolute Gasteiger partial charge is 0.160 e. The molecule has 126 heavy (non-hydrogen) atoms. The summed E-state index contributed by atoms with van der Waals surface area (Å²) in [6.07, 6.45) is 14.2. The van der Waals surface area contributed by atoms with Crippen molar-refractivity contribution in [3.05, 3.63) is 462 Å². The standard InChI is InChI=1S/C39H26N4.C38H25N5.C37H25N3/c1-3-11-29(12-4-1)39-41-35(26-36(42-39)34-16-9-10-24-40-34)28-20-18-27(19-21-28)30-22-23-38-33(25-30)32-15-7-8-17-37(32)43(38)31-13-5-2-6-14-31;1-2-8-30(9-3-1)43-35-18-16-28(26-12-14-27(15-13-26)33-24-41-20-6-4-10-37(41)39-33)22-31(35)32-23-29(17-19-36(32)43)34-25-42-21-7-5-11-38(42)40-34;1-3-9-26(10-4-1)29-18-20-35-32(23-29)33-24-30(19-21-36(33)40(35)31-11-5-2-6-12-31)27-14-16-28(17-15-27)34-25-39-22-8-7-13-37(39)38-34/h1-26H;1-25H;1-25H. The Labute approximate surface area is 725 Å². The van der Waals surface area contributed by atoms with Crippen LogP contribution in [-0.2, 0) is 0 Å². The van der Waals surface area contributed by atoms with Gasteiger partial charge < -0.3 is 26.9 Å². The van der Waals surface area contributed by atoms with E-state index in [2.05, 4.69) is 360 Å². The second kappa shape index (κ2) is 31.7. The summed E-state index contributed by atoms with van der Waals surface area (Å²) in [5, 5.41) is 7.41. The van der Waals surface area contributed by atoms with E-state index in [4.69, 9.17) is 24.9 Å². The van der Waals surface area contributed by atoms with Gasteiger partial charge in [-0.15, -0.1) is 0 Å². The molecule has 0 bridgehead atoms. The van der Waals surface area contributed by atoms with Gasteiger partial charge in [0, 0.05) is 121 Å². The molecule has 25 rings (SSSR count). The predicted octanol–water partition coefficient (Wildman–Crippen LogP) is 28.1. The Hall–Kier alpha value is -17.2. The highest BCUT2D eigenvalue weighted by Crippen LogP contribution is 2.42. The summed E-state index contributed by atoms with van der Waals surface area (Å²) in [5.74, 6) is 0.683. The molecule has 11 heterocycles. The first-order valence-electron chi connectivity index (χ1n) is 42.3. The number of hydrogen-bond donors (Lipinski definition) is 0. The zero-order valence-electron chi connectivity index (χ0n) is 68.2. The van der Waals surface area contributed by atoms with Gasteiger partial charge in [-0.2, -0.15) is 0 Å². The van der Waals surface area contributed by atoms with Crippen molar-refractivity contribution in [3.8, 4) is 129 Å². The number of hydrogen-bond acceptors (Lipinski definition) is 6. The monoisotopic (exact) mass is 1610 g/mol. The van der Waals surface area contributed by atoms with E-state index in [1.165, 1.54) is 110 Å². The minimum Gasteiger partial charge on any atom is -0.309 e. The van der Waals surface area contributed by atoms with Crippen LogP contribution in [0.4, 0.5) is 0 Å². The van der Waals surface area contributed by atoms with Crippen molar-refractivity contribution in [2.45, 2.75) is 0 Å². The molecule has 0 saturated carbocycles. The SMILES string of the molecule is c1ccc(-c2ccc3c(c2)c2cc(-c4ccc(-c5cn6ccccc6n5)cc4)ccc2n3-c2ccccc2)cc1.c1ccc(-c2nc(-c3ccc(-c4ccc5c(c4)c4ccccc4n5-c4ccccc4)cc3)cc(-c3ccccn3)n2)cc1.c1ccc(-n2c3ccc(-c4ccc(-c5cn6ccccc6n5)cc4)cc3c3cc(-c4cn5ccccc5n4)ccc32)cc1. The molecule has 592 valence electrons. The van der Waals surface area contributed by atoms with Gasteiger partial charge in [0.15, 0.2) is 5.82 Å². The molecule has 0 aliphatic carbocycles. The average molecular weight is 1610 g/mol. The van der Waals surface area contributed by atoms with Crippen LogP contribution in [0.5, 0.6) is 0 Å². The van der Waals surface area contributed by atoms with Gasteiger partial charge in [0.2, 0.25) is 0 Å². The Morgan fingerprint density at radius 1 is 0.167 bits per heavy atom. The molecule has 0 N–H and O–H groups in total. The quantitative estimate of drug-likeness (QED) is 0.114. The van der Waals surface area contributed by atoms with Crippen LogP contribution in [-0.4, -0.2) is 56.8 Å². The second-order valence-electron chi connectivity index (χ2n) is 31.6. The van der Waals surface area contributed by atoms with Crippen LogP contribution >= 0.6 is 0 Å². The third kappa shape index (κ3) is 13.8. The first-order chi connectivity index (χ1) is 62.4. The van der Waals surface area contributed by atoms with Gasteiger partial charge in [0.05, 0.1) is 67.3 Å². The van der Waals surface area contributed by atoms with E-state index in [9.17, 15) is 0 Å². The molecule has 25 aromatic rings. The highest BCUT2D eigenvalue weighted by Gasteiger charge is 2.21. The van der Waals surface area contributed by atoms with Gasteiger partial charge in [-0.3, -0.25) is 4.98 Å². The Bertz CT molecular complexity index is 8190. The fourth-order valence-corrected chi connectivity index (χ4v) is 17.8. The van der Waals surface area contributed by atoms with E-state index >= 15 is 0 Å². The van der Waals surface area contributed by atoms with Crippen molar-refractivity contribution in [3.63, 3.8) is 0 Å². The summed E-state index contributed by atoms with van der Waals surface area (Å²) in [4.78, 5) is 28.9. The number of nitrogens with zero attached hydrogens (tertiary/aromatic N) is 12. The number of aromatic nitrogens is 12. The molecular weight excluding hydrogens is 1540 g/mol. The zero-order chi connectivity index (χ0) is 83.4. The molecule has 0 aliphatic heterocycles. The predicted molar refractivity (Wildman–Crippen MR) is 516 cm³/mol. The van der Waals surface area contributed by atoms with Crippen LogP contribution in [0.3, 0.4) is 0 Å². The highest BCUT2D eigenvalue weighted by atomic mass is 15.0. The van der Waals surface area contributed by atoms with Crippen LogP contribution in [0.15, 0.2) is 462 Å². The highest BCUT2D eigenvalue weighted by molar-refractivity contribution is 6.14. The number of fused-ring (bicyclic) bond motifs is 12. The van der Waals surface area contributed by atoms with Gasteiger partial charge >= 0.3 is 0 Å². The summed E-state index contributed by atoms with van der Waals surface area (Å²) in [7, 11) is 0. The van der Waals surface area contributed by atoms with Crippen molar-refractivity contribution in [2.75, 3.05) is 0 Å². The second-order valence-corrected chi connectivity index (χ2v) is 31.6. The molecule has 0 atom stereocenters. The normalized spacial score (nSPS) is 11.5. The average Bonchev–Trinajstić information content (AvgIpc) is 1.59. The van der Waals surface area contributed by atoms with E-state index < -0.39 is 0 Å². The Balaban J connectivity index is 0.000000109. The third-order valence-electron chi connectivity index (χ3n) is 24.0. The summed E-state index contributed by atoms with van der Waals surface area (Å²) in [6.45, 7) is 0. The van der Waals surface area contributed by atoms with E-state index in [1.807, 2.05) is 128 Å². The number of para-hydroxylation sites is 4. The first-order valence-corrected chi connectivity index (χ1v) is 42.3. The molecule has 0 spiro atoms. The Morgan fingerprint density at radius 2 is 0.460 bits per heavy atom. The summed E-state index contributed by atoms with van der Waals surface area (Å²) >= 11 is 0. The summed E-state index contributed by atoms with van der Waals surface area (Å²) < 4.78 is 13.3. The maximum absolute atomic E-state index is 4.97. The third-order valence-corrected chi connectivity index (χ3v) is 24.0. The van der Waals surface area contributed by atoms with Crippen LogP contribution < -0.4 is 0 Å². The molecule has 14 aromatic carbocycles. The molecule has 0 aliphatic rings. The first kappa shape index (κ1) is 73.9. The van der Waals surface area contributed by atoms with Gasteiger partial charge in [-0.1, -0.05) is 261 Å². The molecule has 0 amide bonds. The lowest BCUT2D eigenvalue weighted by Crippen LogP contribution is -1.96. The molecule has 0 unspecified atom stereocenters. The lowest BCUT2D eigenvalue weighted by molar-refractivity contribution is 1.16. The zero-order valence-corrected chi connectivity index (χ0v) is 68.2. The fraction of sp³-hybridized carbons (Fsp3) is 0. The minimum absolute atomic E-state index is 0.683. The minimum atomic E-state index is 0.683. The van der Waals surface area contributed by atoms with Crippen molar-refractivity contribution in [2.24, 2.45) is 0 Å². The number of imidazole rings is 3. The van der Waals surface area contributed by atoms with Crippen LogP contribution in [0.25, 0.3) is 212 Å². The van der Waals surface area contributed by atoms with E-state index in [-0.39, 0.29) is 0 Å². The number of rotatable bonds is 13. The number of pyridine rings is 4. The van der Waals surface area contributed by atoms with Gasteiger partial charge in [0.1, 0.15) is 16.9 Å². The Morgan fingerprint density at radius 3 is 0.857 bits per heavy atom. The molecule has 0 saturated heterocycles. The molecule has 12 nitrogen and oxygen atoms in total. The van der Waals surface area contributed by atoms with Crippen LogP contribution in [0.2, 0.25) is 0 Å². The summed E-state index contributed by atoms with van der Waals surface area (Å²) in [5.41, 5.74) is 33.7. The van der Waals surface area contributed by atoms with Gasteiger partial charge in [-0.25, -0.2) is 24.9 Å². The molecular formula is C114H76N12. The maximum Gasteiger partial charge on any atom is 0.160 e. The van der Waals surface area contributed by atoms with Crippen LogP contribution in [0, 0.1) is 0 Å². The molecule has 0 radical (unpaired) electrons. The summed E-state index contributed by atoms with van der Waals surface area (Å²) in [6, 6.07) is 147. The lowest BCUT2D eigenvalue weighted by Gasteiger charge is -2.10. The van der Waals surface area contributed by atoms with E-state index in [0.29, 0.717) is 5.82 Å². The lowest BCUT2D eigenvalue weighted by atomic mass is 9.99. The van der Waals surface area contributed by atoms with Crippen molar-refractivity contribution < 1.29 is 0 Å². The fourth-order valence-electron chi connectivity index (χ4n) is 17.8. The molecule has 0 fully saturated rings. The van der Waals surface area contributed by atoms with Crippen molar-refractivity contribution in [1.29, 1.82) is 0 Å². The van der Waals surface area contributed by atoms with Gasteiger partial charge in [0.25, 0.3) is 0 Å².